The quantitative estimate of drug-likeness (QED) is 0.358. The van der Waals surface area contributed by atoms with Crippen LogP contribution >= 0.6 is 10.2 Å². The van der Waals surface area contributed by atoms with Gasteiger partial charge in [-0.1, -0.05) is 79.2 Å². The molecule has 0 rings (SSSR count). The Labute approximate surface area is 121 Å². The number of allylic oxidation sites excluding steroid dienone is 4. The molecule has 0 bridgehead atoms. The van der Waals surface area contributed by atoms with Crippen molar-refractivity contribution in [2.75, 3.05) is 0 Å². The summed E-state index contributed by atoms with van der Waals surface area (Å²) in [6.45, 7) is 14.6. The summed E-state index contributed by atoms with van der Waals surface area (Å²) in [5, 5.41) is 0. The summed E-state index contributed by atoms with van der Waals surface area (Å²) in [5.41, 5.74) is 0. The van der Waals surface area contributed by atoms with Gasteiger partial charge in [-0.25, -0.2) is 0 Å². The lowest BCUT2D eigenvalue weighted by Crippen LogP contribution is -2.08. The molecule has 0 saturated heterocycles. The first kappa shape index (κ1) is 27.8. The number of hydrogen-bond acceptors (Lipinski definition) is 0. The van der Waals surface area contributed by atoms with Crippen LogP contribution in [0.3, 0.4) is 0 Å². The van der Waals surface area contributed by atoms with Gasteiger partial charge in [-0.15, -0.1) is 0 Å². The molecule has 20 heavy (non-hydrogen) atoms. The van der Waals surface area contributed by atoms with Crippen molar-refractivity contribution in [3.05, 3.63) is 23.1 Å². The first-order valence-corrected chi connectivity index (χ1v) is 8.97. The highest BCUT2D eigenvalue weighted by Gasteiger charge is 2.66. The van der Waals surface area contributed by atoms with Crippen LogP contribution in [-0.4, -0.2) is 0 Å². The Morgan fingerprint density at radius 3 is 1.35 bits per heavy atom. The second-order valence-electron chi connectivity index (χ2n) is 2.83. The van der Waals surface area contributed by atoms with Gasteiger partial charge in [0.25, 0.3) is 0 Å². The maximum absolute atomic E-state index is 12.2. The van der Waals surface area contributed by atoms with Crippen LogP contribution in [0.2, 0.25) is 0 Å². The van der Waals surface area contributed by atoms with Crippen molar-refractivity contribution in [3.63, 3.8) is 0 Å². The topological polar surface area (TPSA) is 0 Å². The van der Waals surface area contributed by atoms with Crippen molar-refractivity contribution in [2.24, 2.45) is 0 Å². The van der Waals surface area contributed by atoms with Crippen molar-refractivity contribution in [2.45, 2.75) is 68.2 Å². The third-order valence-corrected chi connectivity index (χ3v) is 3.04. The van der Waals surface area contributed by atoms with Crippen molar-refractivity contribution >= 4 is 10.2 Å². The Bertz CT molecular complexity index is 261. The van der Waals surface area contributed by atoms with Gasteiger partial charge in [0.05, 0.1) is 4.91 Å². The minimum Gasteiger partial charge on any atom is -0.0939 e. The summed E-state index contributed by atoms with van der Waals surface area (Å²) < 4.78 is 61.1. The fourth-order valence-corrected chi connectivity index (χ4v) is 1.90. The highest BCUT2D eigenvalue weighted by Crippen LogP contribution is 3.02. The highest BCUT2D eigenvalue weighted by molar-refractivity contribution is 8.48. The largest absolute Gasteiger partial charge is 0.306 e. The molecule has 6 heteroatoms. The zero-order valence-corrected chi connectivity index (χ0v) is 14.8. The first-order chi connectivity index (χ1) is 9.01. The lowest BCUT2D eigenvalue weighted by atomic mass is 10.3. The van der Waals surface area contributed by atoms with Gasteiger partial charge in [0.1, 0.15) is 0 Å². The minimum atomic E-state index is -9.41. The van der Waals surface area contributed by atoms with Crippen LogP contribution in [0.25, 0.3) is 0 Å². The molecule has 0 aliphatic heterocycles. The molecule has 0 aromatic rings. The number of hydrogen-bond donors (Lipinski definition) is 0. The fourth-order valence-electron chi connectivity index (χ4n) is 0.952. The molecular formula is C14H31F5S. The second-order valence-corrected chi connectivity index (χ2v) is 5.29. The molecule has 0 aliphatic carbocycles. The van der Waals surface area contributed by atoms with Crippen LogP contribution in [-0.2, 0) is 0 Å². The summed E-state index contributed by atoms with van der Waals surface area (Å²) in [5.74, 6) is 0. The molecule has 128 valence electrons. The Kier molecular flexibility index (Phi) is 15.5. The summed E-state index contributed by atoms with van der Waals surface area (Å²) in [7, 11) is -9.41. The lowest BCUT2D eigenvalue weighted by Gasteiger charge is -2.42. The van der Waals surface area contributed by atoms with E-state index < -0.39 is 21.5 Å². The van der Waals surface area contributed by atoms with Crippen LogP contribution in [0.4, 0.5) is 19.4 Å². The van der Waals surface area contributed by atoms with E-state index in [1.54, 1.807) is 6.92 Å². The smallest absolute Gasteiger partial charge is 0.0939 e. The van der Waals surface area contributed by atoms with Gasteiger partial charge in [0.15, 0.2) is 0 Å². The van der Waals surface area contributed by atoms with Crippen LogP contribution < -0.4 is 0 Å². The standard InChI is InChI=1S/C8H13F5S.3C2H6/c1-3-5-6-7-8(4-2)14(9,10,11,12)13;3*1-2/h3-5H,6-7H2,1-2H3;3*1-2H3/b5-3-,8-4+;;;. The van der Waals surface area contributed by atoms with Crippen molar-refractivity contribution in [1.29, 1.82) is 0 Å². The van der Waals surface area contributed by atoms with E-state index in [2.05, 4.69) is 0 Å². The Morgan fingerprint density at radius 2 is 1.15 bits per heavy atom. The van der Waals surface area contributed by atoms with Gasteiger partial charge in [-0.2, -0.15) is 0 Å². The highest BCUT2D eigenvalue weighted by atomic mass is 32.5. The predicted molar refractivity (Wildman–Crippen MR) is 85.0 cm³/mol. The van der Waals surface area contributed by atoms with E-state index in [0.717, 1.165) is 6.92 Å². The van der Waals surface area contributed by atoms with Gasteiger partial charge in [-0.3, -0.25) is 0 Å². The predicted octanol–water partition coefficient (Wildman–Crippen LogP) is 8.62. The Balaban J connectivity index is -0.000000187. The monoisotopic (exact) mass is 326 g/mol. The Morgan fingerprint density at radius 1 is 0.800 bits per heavy atom. The molecule has 0 N–H and O–H groups in total. The average molecular weight is 326 g/mol. The van der Waals surface area contributed by atoms with Crippen molar-refractivity contribution in [1.82, 2.24) is 0 Å². The average Bonchev–Trinajstić information content (AvgIpc) is 2.39. The molecule has 0 aliphatic rings. The maximum Gasteiger partial charge on any atom is 0.306 e. The van der Waals surface area contributed by atoms with E-state index in [1.807, 2.05) is 41.5 Å². The number of halogens is 5. The van der Waals surface area contributed by atoms with Gasteiger partial charge in [0, 0.05) is 0 Å². The van der Waals surface area contributed by atoms with Crippen LogP contribution in [0.1, 0.15) is 68.2 Å². The molecule has 0 radical (unpaired) electrons. The van der Waals surface area contributed by atoms with E-state index in [0.29, 0.717) is 6.08 Å². The fraction of sp³-hybridized carbons (Fsp3) is 0.714. The molecule has 0 aromatic heterocycles. The molecule has 0 nitrogen and oxygen atoms in total. The van der Waals surface area contributed by atoms with Gasteiger partial charge in [-0.05, 0) is 26.7 Å². The summed E-state index contributed by atoms with van der Waals surface area (Å²) in [6, 6.07) is 0. The van der Waals surface area contributed by atoms with E-state index >= 15 is 0 Å². The molecule has 0 heterocycles. The van der Waals surface area contributed by atoms with Crippen LogP contribution in [0, 0.1) is 0 Å². The maximum atomic E-state index is 12.2. The van der Waals surface area contributed by atoms with E-state index in [-0.39, 0.29) is 6.42 Å². The van der Waals surface area contributed by atoms with Crippen molar-refractivity contribution < 1.29 is 19.4 Å². The molecule has 0 unspecified atom stereocenters. The summed E-state index contributed by atoms with van der Waals surface area (Å²) in [4.78, 5) is -1.69. The molecule has 0 fully saturated rings. The first-order valence-electron chi connectivity index (χ1n) is 7.01. The molecule has 0 amide bonds. The SMILES string of the molecule is C/C=C\CC/C(=C\C)S(F)(F)(F)(F)F.CC.CC.CC. The zero-order chi connectivity index (χ0) is 17.5. The van der Waals surface area contributed by atoms with E-state index in [9.17, 15) is 19.4 Å². The van der Waals surface area contributed by atoms with E-state index in [4.69, 9.17) is 0 Å². The normalized spacial score (nSPS) is 14.6. The van der Waals surface area contributed by atoms with E-state index in [1.165, 1.54) is 12.2 Å². The summed E-state index contributed by atoms with van der Waals surface area (Å²) >= 11 is 0. The zero-order valence-electron chi connectivity index (χ0n) is 13.9. The molecule has 0 aromatic carbocycles. The Hall–Kier alpha value is -0.520. The third kappa shape index (κ3) is 17.5. The third-order valence-electron chi connectivity index (χ3n) is 1.61. The molecule has 0 atom stereocenters. The van der Waals surface area contributed by atoms with Crippen LogP contribution in [0.15, 0.2) is 23.1 Å². The van der Waals surface area contributed by atoms with Crippen molar-refractivity contribution in [3.8, 4) is 0 Å². The van der Waals surface area contributed by atoms with Gasteiger partial charge < -0.3 is 0 Å². The minimum absolute atomic E-state index is 0.0260. The second kappa shape index (κ2) is 11.2. The van der Waals surface area contributed by atoms with Gasteiger partial charge in [0.2, 0.25) is 0 Å². The molecule has 0 spiro atoms. The molecule has 0 saturated carbocycles. The number of rotatable bonds is 4. The van der Waals surface area contributed by atoms with Gasteiger partial charge >= 0.3 is 10.2 Å². The summed E-state index contributed by atoms with van der Waals surface area (Å²) in [6.07, 6.45) is 2.71. The molecular weight excluding hydrogens is 295 g/mol. The van der Waals surface area contributed by atoms with Crippen LogP contribution in [0.5, 0.6) is 0 Å². The lowest BCUT2D eigenvalue weighted by molar-refractivity contribution is 0.375.